The van der Waals surface area contributed by atoms with E-state index in [9.17, 15) is 0 Å². The second-order valence-electron chi connectivity index (χ2n) is 3.48. The Bertz CT molecular complexity index is 271. The average molecular weight is 212 g/mol. The van der Waals surface area contributed by atoms with Crippen LogP contribution < -0.4 is 5.32 Å². The van der Waals surface area contributed by atoms with Gasteiger partial charge in [-0.1, -0.05) is 31.5 Å². The lowest BCUT2D eigenvalue weighted by molar-refractivity contribution is 0.832. The topological polar surface area (TPSA) is 12.0 Å². The smallest absolute Gasteiger partial charge is 0.0577 e. The first-order chi connectivity index (χ1) is 6.75. The molecule has 0 aliphatic rings. The molecule has 1 rings (SSSR count). The normalized spacial score (nSPS) is 12.5. The Morgan fingerprint density at radius 3 is 2.71 bits per heavy atom. The molecule has 0 radical (unpaired) electrons. The molecule has 1 atom stereocenters. The van der Waals surface area contributed by atoms with Crippen molar-refractivity contribution in [2.75, 3.05) is 11.9 Å². The van der Waals surface area contributed by atoms with Crippen LogP contribution in [0.3, 0.4) is 0 Å². The minimum atomic E-state index is 0.0697. The fraction of sp³-hybridized carbons (Fsp3) is 0.500. The number of rotatable bonds is 5. The molecular formula is C12H18ClN. The summed E-state index contributed by atoms with van der Waals surface area (Å²) in [5, 5.41) is 3.48. The Hall–Kier alpha value is -0.690. The number of unbranched alkanes of at least 4 members (excludes halogenated alkanes) is 1. The van der Waals surface area contributed by atoms with Crippen molar-refractivity contribution in [2.45, 2.75) is 32.1 Å². The van der Waals surface area contributed by atoms with E-state index in [-0.39, 0.29) is 5.38 Å². The molecule has 0 aliphatic heterocycles. The van der Waals surface area contributed by atoms with E-state index in [4.69, 9.17) is 11.6 Å². The molecule has 0 bridgehead atoms. The van der Waals surface area contributed by atoms with Crippen LogP contribution >= 0.6 is 11.6 Å². The van der Waals surface area contributed by atoms with Crippen LogP contribution in [0.5, 0.6) is 0 Å². The minimum Gasteiger partial charge on any atom is -0.385 e. The lowest BCUT2D eigenvalue weighted by Gasteiger charge is -2.12. The fourth-order valence-electron chi connectivity index (χ4n) is 1.40. The van der Waals surface area contributed by atoms with Gasteiger partial charge >= 0.3 is 0 Å². The molecule has 0 heterocycles. The maximum absolute atomic E-state index is 6.08. The van der Waals surface area contributed by atoms with Crippen molar-refractivity contribution in [3.05, 3.63) is 29.8 Å². The molecule has 2 heteroatoms. The van der Waals surface area contributed by atoms with Crippen LogP contribution in [0.25, 0.3) is 0 Å². The van der Waals surface area contributed by atoms with Gasteiger partial charge in [0.15, 0.2) is 0 Å². The summed E-state index contributed by atoms with van der Waals surface area (Å²) in [6.07, 6.45) is 2.41. The maximum atomic E-state index is 6.08. The van der Waals surface area contributed by atoms with Crippen LogP contribution in [-0.4, -0.2) is 6.54 Å². The Morgan fingerprint density at radius 2 is 2.07 bits per heavy atom. The quantitative estimate of drug-likeness (QED) is 0.569. The Balaban J connectivity index is 2.64. The predicted octanol–water partition coefficient (Wildman–Crippen LogP) is 4.20. The summed E-state index contributed by atoms with van der Waals surface area (Å²) in [4.78, 5) is 0. The monoisotopic (exact) mass is 211 g/mol. The van der Waals surface area contributed by atoms with Gasteiger partial charge in [-0.15, -0.1) is 11.6 Å². The summed E-state index contributed by atoms with van der Waals surface area (Å²) < 4.78 is 0. The lowest BCUT2D eigenvalue weighted by Crippen LogP contribution is -2.03. The van der Waals surface area contributed by atoms with E-state index in [1.54, 1.807) is 0 Å². The van der Waals surface area contributed by atoms with Crippen LogP contribution in [0, 0.1) is 0 Å². The third-order valence-electron chi connectivity index (χ3n) is 2.24. The largest absolute Gasteiger partial charge is 0.385 e. The molecular weight excluding hydrogens is 194 g/mol. The van der Waals surface area contributed by atoms with E-state index in [2.05, 4.69) is 24.4 Å². The van der Waals surface area contributed by atoms with Gasteiger partial charge in [-0.3, -0.25) is 0 Å². The van der Waals surface area contributed by atoms with E-state index >= 15 is 0 Å². The van der Waals surface area contributed by atoms with E-state index in [0.717, 1.165) is 6.54 Å². The highest BCUT2D eigenvalue weighted by atomic mass is 35.5. The molecule has 1 unspecified atom stereocenters. The number of anilines is 1. The SMILES string of the molecule is CCCCNc1ccccc1C(C)Cl. The second kappa shape index (κ2) is 5.92. The van der Waals surface area contributed by atoms with Gasteiger partial charge in [0.05, 0.1) is 5.38 Å². The highest BCUT2D eigenvalue weighted by Gasteiger charge is 2.05. The van der Waals surface area contributed by atoms with Crippen LogP contribution in [0.1, 0.15) is 37.6 Å². The van der Waals surface area contributed by atoms with Crippen molar-refractivity contribution in [3.8, 4) is 0 Å². The Labute approximate surface area is 91.5 Å². The number of alkyl halides is 1. The van der Waals surface area contributed by atoms with Crippen molar-refractivity contribution < 1.29 is 0 Å². The molecule has 0 spiro atoms. The molecule has 0 aromatic heterocycles. The molecule has 1 nitrogen and oxygen atoms in total. The van der Waals surface area contributed by atoms with Crippen molar-refractivity contribution in [2.24, 2.45) is 0 Å². The first kappa shape index (κ1) is 11.4. The zero-order valence-electron chi connectivity index (χ0n) is 8.89. The minimum absolute atomic E-state index is 0.0697. The van der Waals surface area contributed by atoms with E-state index in [0.29, 0.717) is 0 Å². The van der Waals surface area contributed by atoms with Crippen molar-refractivity contribution >= 4 is 17.3 Å². The standard InChI is InChI=1S/C12H18ClN/c1-3-4-9-14-12-8-6-5-7-11(12)10(2)13/h5-8,10,14H,3-4,9H2,1-2H3. The van der Waals surface area contributed by atoms with Crippen LogP contribution in [0.2, 0.25) is 0 Å². The Kier molecular flexibility index (Phi) is 4.81. The first-order valence-corrected chi connectivity index (χ1v) is 5.66. The summed E-state index contributed by atoms with van der Waals surface area (Å²) in [5.41, 5.74) is 2.36. The van der Waals surface area contributed by atoms with Crippen molar-refractivity contribution in [1.29, 1.82) is 0 Å². The van der Waals surface area contributed by atoms with Crippen molar-refractivity contribution in [3.63, 3.8) is 0 Å². The molecule has 0 fully saturated rings. The number of hydrogen-bond donors (Lipinski definition) is 1. The number of halogens is 1. The zero-order valence-corrected chi connectivity index (χ0v) is 9.64. The van der Waals surface area contributed by atoms with Gasteiger partial charge in [0.1, 0.15) is 0 Å². The van der Waals surface area contributed by atoms with E-state index in [1.165, 1.54) is 24.1 Å². The number of benzene rings is 1. The van der Waals surface area contributed by atoms with Gasteiger partial charge in [0, 0.05) is 12.2 Å². The zero-order chi connectivity index (χ0) is 10.4. The maximum Gasteiger partial charge on any atom is 0.0577 e. The van der Waals surface area contributed by atoms with Gasteiger partial charge in [-0.2, -0.15) is 0 Å². The van der Waals surface area contributed by atoms with Gasteiger partial charge in [0.25, 0.3) is 0 Å². The van der Waals surface area contributed by atoms with Gasteiger partial charge < -0.3 is 5.32 Å². The molecule has 1 N–H and O–H groups in total. The highest BCUT2D eigenvalue weighted by Crippen LogP contribution is 2.26. The van der Waals surface area contributed by atoms with E-state index in [1.807, 2.05) is 19.1 Å². The van der Waals surface area contributed by atoms with Crippen LogP contribution in [0.15, 0.2) is 24.3 Å². The van der Waals surface area contributed by atoms with Crippen LogP contribution in [-0.2, 0) is 0 Å². The lowest BCUT2D eigenvalue weighted by atomic mass is 10.1. The highest BCUT2D eigenvalue weighted by molar-refractivity contribution is 6.21. The fourth-order valence-corrected chi connectivity index (χ4v) is 1.59. The Morgan fingerprint density at radius 1 is 1.36 bits per heavy atom. The molecule has 0 aliphatic carbocycles. The van der Waals surface area contributed by atoms with Crippen molar-refractivity contribution in [1.82, 2.24) is 0 Å². The summed E-state index contributed by atoms with van der Waals surface area (Å²) in [6.45, 7) is 5.22. The summed E-state index contributed by atoms with van der Waals surface area (Å²) in [7, 11) is 0. The molecule has 0 saturated heterocycles. The molecule has 0 saturated carbocycles. The van der Waals surface area contributed by atoms with Crippen LogP contribution in [0.4, 0.5) is 5.69 Å². The summed E-state index contributed by atoms with van der Waals surface area (Å²) >= 11 is 6.08. The average Bonchev–Trinajstić information content (AvgIpc) is 2.19. The third kappa shape index (κ3) is 3.22. The number of hydrogen-bond acceptors (Lipinski definition) is 1. The molecule has 0 amide bonds. The van der Waals surface area contributed by atoms with Gasteiger partial charge in [-0.05, 0) is 25.0 Å². The van der Waals surface area contributed by atoms with Gasteiger partial charge in [0.2, 0.25) is 0 Å². The van der Waals surface area contributed by atoms with Gasteiger partial charge in [-0.25, -0.2) is 0 Å². The third-order valence-corrected chi connectivity index (χ3v) is 2.47. The molecule has 78 valence electrons. The summed E-state index contributed by atoms with van der Waals surface area (Å²) in [5.74, 6) is 0. The second-order valence-corrected chi connectivity index (χ2v) is 4.14. The molecule has 1 aromatic rings. The first-order valence-electron chi connectivity index (χ1n) is 5.22. The number of para-hydroxylation sites is 1. The molecule has 1 aromatic carbocycles. The summed E-state index contributed by atoms with van der Waals surface area (Å²) in [6, 6.07) is 8.23. The number of nitrogens with one attached hydrogen (secondary N) is 1. The molecule has 14 heavy (non-hydrogen) atoms. The van der Waals surface area contributed by atoms with E-state index < -0.39 is 0 Å². The predicted molar refractivity (Wildman–Crippen MR) is 64.1 cm³/mol.